The molecule has 1 N–H and O–H groups in total. The topological polar surface area (TPSA) is 75.8 Å². The molecule has 132 valence electrons. The Morgan fingerprint density at radius 3 is 2.52 bits per heavy atom. The lowest BCUT2D eigenvalue weighted by atomic mass is 9.88. The summed E-state index contributed by atoms with van der Waals surface area (Å²) < 4.78 is 11.3. The van der Waals surface area contributed by atoms with Crippen LogP contribution in [0.1, 0.15) is 36.0 Å². The fourth-order valence-electron chi connectivity index (χ4n) is 3.76. The van der Waals surface area contributed by atoms with E-state index in [9.17, 15) is 9.90 Å². The SMILES string of the molecule is O=C(O)c1c(N2CCC3(CCCO3)CC2)noc1-c1ccc(Cl)cc1. The first-order chi connectivity index (χ1) is 12.1. The van der Waals surface area contributed by atoms with E-state index in [4.69, 9.17) is 20.9 Å². The van der Waals surface area contributed by atoms with E-state index in [-0.39, 0.29) is 16.9 Å². The molecule has 2 aliphatic heterocycles. The summed E-state index contributed by atoms with van der Waals surface area (Å²) in [6.45, 7) is 2.25. The van der Waals surface area contributed by atoms with Crippen LogP contribution in [-0.2, 0) is 4.74 Å². The normalized spacial score (nSPS) is 19.5. The number of ether oxygens (including phenoxy) is 1. The molecule has 6 nitrogen and oxygen atoms in total. The quantitative estimate of drug-likeness (QED) is 0.893. The Kier molecular flexibility index (Phi) is 4.17. The second kappa shape index (κ2) is 6.35. The van der Waals surface area contributed by atoms with Crippen LogP contribution >= 0.6 is 11.6 Å². The summed E-state index contributed by atoms with van der Waals surface area (Å²) in [5.41, 5.74) is 0.724. The maximum Gasteiger partial charge on any atom is 0.343 e. The van der Waals surface area contributed by atoms with E-state index < -0.39 is 5.97 Å². The molecule has 0 radical (unpaired) electrons. The monoisotopic (exact) mass is 362 g/mol. The van der Waals surface area contributed by atoms with Crippen molar-refractivity contribution in [3.63, 3.8) is 0 Å². The molecule has 0 bridgehead atoms. The van der Waals surface area contributed by atoms with Gasteiger partial charge < -0.3 is 19.3 Å². The molecule has 25 heavy (non-hydrogen) atoms. The highest BCUT2D eigenvalue weighted by Gasteiger charge is 2.40. The van der Waals surface area contributed by atoms with Crippen LogP contribution in [-0.4, -0.2) is 41.5 Å². The number of aromatic carboxylic acids is 1. The Labute approximate surface area is 150 Å². The van der Waals surface area contributed by atoms with E-state index in [0.29, 0.717) is 29.5 Å². The standard InChI is InChI=1S/C18H19ClN2O4/c19-13-4-2-12(3-5-13)15-14(17(22)23)16(20-25-15)21-9-7-18(8-10-21)6-1-11-24-18/h2-5H,1,6-11H2,(H,22,23). The summed E-state index contributed by atoms with van der Waals surface area (Å²) in [6, 6.07) is 6.87. The van der Waals surface area contributed by atoms with Crippen LogP contribution in [0.4, 0.5) is 5.82 Å². The highest BCUT2D eigenvalue weighted by atomic mass is 35.5. The molecule has 2 fully saturated rings. The molecule has 1 spiro atoms. The molecule has 7 heteroatoms. The number of halogens is 1. The van der Waals surface area contributed by atoms with Gasteiger partial charge in [-0.25, -0.2) is 4.79 Å². The predicted octanol–water partition coefficient (Wildman–Crippen LogP) is 3.84. The average Bonchev–Trinajstić information content (AvgIpc) is 3.24. The van der Waals surface area contributed by atoms with Crippen molar-refractivity contribution in [3.05, 3.63) is 34.9 Å². The number of benzene rings is 1. The van der Waals surface area contributed by atoms with Crippen molar-refractivity contribution in [3.8, 4) is 11.3 Å². The number of rotatable bonds is 3. The molecule has 2 aliphatic rings. The third-order valence-electron chi connectivity index (χ3n) is 5.15. The van der Waals surface area contributed by atoms with Gasteiger partial charge in [-0.05, 0) is 49.9 Å². The zero-order valence-corrected chi connectivity index (χ0v) is 14.5. The van der Waals surface area contributed by atoms with Gasteiger partial charge in [-0.3, -0.25) is 0 Å². The van der Waals surface area contributed by atoms with Crippen molar-refractivity contribution in [1.29, 1.82) is 0 Å². The van der Waals surface area contributed by atoms with Crippen LogP contribution in [0, 0.1) is 0 Å². The van der Waals surface area contributed by atoms with E-state index in [1.54, 1.807) is 24.3 Å². The van der Waals surface area contributed by atoms with Crippen molar-refractivity contribution in [1.82, 2.24) is 5.16 Å². The highest BCUT2D eigenvalue weighted by Crippen LogP contribution is 2.39. The van der Waals surface area contributed by atoms with Gasteiger partial charge in [0.2, 0.25) is 0 Å². The summed E-state index contributed by atoms with van der Waals surface area (Å²) in [4.78, 5) is 13.8. The van der Waals surface area contributed by atoms with Crippen molar-refractivity contribution < 1.29 is 19.2 Å². The van der Waals surface area contributed by atoms with Gasteiger partial charge in [0, 0.05) is 30.3 Å². The predicted molar refractivity (Wildman–Crippen MR) is 93.3 cm³/mol. The molecule has 4 rings (SSSR count). The Morgan fingerprint density at radius 2 is 1.92 bits per heavy atom. The molecular formula is C18H19ClN2O4. The number of piperidine rings is 1. The number of anilines is 1. The van der Waals surface area contributed by atoms with E-state index in [0.717, 1.165) is 32.3 Å². The minimum absolute atomic E-state index is 0.0252. The average molecular weight is 363 g/mol. The molecular weight excluding hydrogens is 344 g/mol. The smallest absolute Gasteiger partial charge is 0.343 e. The minimum atomic E-state index is -1.04. The molecule has 1 aromatic carbocycles. The molecule has 0 amide bonds. The van der Waals surface area contributed by atoms with Crippen LogP contribution in [0.25, 0.3) is 11.3 Å². The number of carboxylic acids is 1. The second-order valence-corrected chi connectivity index (χ2v) is 7.08. The molecule has 0 saturated carbocycles. The van der Waals surface area contributed by atoms with Gasteiger partial charge >= 0.3 is 5.97 Å². The molecule has 1 aromatic heterocycles. The van der Waals surface area contributed by atoms with Gasteiger partial charge in [0.25, 0.3) is 0 Å². The first kappa shape index (κ1) is 16.4. The fraction of sp³-hybridized carbons (Fsp3) is 0.444. The third kappa shape index (κ3) is 3.00. The van der Waals surface area contributed by atoms with Crippen LogP contribution in [0.15, 0.2) is 28.8 Å². The Morgan fingerprint density at radius 1 is 1.20 bits per heavy atom. The van der Waals surface area contributed by atoms with Crippen LogP contribution in [0.2, 0.25) is 5.02 Å². The first-order valence-corrected chi connectivity index (χ1v) is 8.84. The molecule has 0 unspecified atom stereocenters. The van der Waals surface area contributed by atoms with Gasteiger partial charge in [0.05, 0.1) is 5.60 Å². The van der Waals surface area contributed by atoms with E-state index in [2.05, 4.69) is 5.16 Å². The Bertz CT molecular complexity index is 771. The lowest BCUT2D eigenvalue weighted by molar-refractivity contribution is -0.0147. The number of carbonyl (C=O) groups is 1. The summed E-state index contributed by atoms with van der Waals surface area (Å²) in [5.74, 6) is -0.388. The molecule has 3 heterocycles. The van der Waals surface area contributed by atoms with Crippen LogP contribution < -0.4 is 4.90 Å². The Hall–Kier alpha value is -2.05. The largest absolute Gasteiger partial charge is 0.477 e. The fourth-order valence-corrected chi connectivity index (χ4v) is 3.89. The summed E-state index contributed by atoms with van der Waals surface area (Å²) in [6.07, 6.45) is 3.96. The van der Waals surface area contributed by atoms with Gasteiger partial charge in [-0.1, -0.05) is 16.8 Å². The lowest BCUT2D eigenvalue weighted by Gasteiger charge is -2.38. The van der Waals surface area contributed by atoms with Gasteiger partial charge in [0.1, 0.15) is 0 Å². The number of hydrogen-bond acceptors (Lipinski definition) is 5. The number of aromatic nitrogens is 1. The highest BCUT2D eigenvalue weighted by molar-refractivity contribution is 6.30. The van der Waals surface area contributed by atoms with E-state index >= 15 is 0 Å². The zero-order chi connectivity index (χ0) is 17.4. The van der Waals surface area contributed by atoms with E-state index in [1.165, 1.54) is 0 Å². The summed E-state index contributed by atoms with van der Waals surface area (Å²) in [5, 5.41) is 14.4. The maximum absolute atomic E-state index is 11.9. The summed E-state index contributed by atoms with van der Waals surface area (Å²) in [7, 11) is 0. The first-order valence-electron chi connectivity index (χ1n) is 8.46. The lowest BCUT2D eigenvalue weighted by Crippen LogP contribution is -2.44. The summed E-state index contributed by atoms with van der Waals surface area (Å²) >= 11 is 5.91. The van der Waals surface area contributed by atoms with Crippen molar-refractivity contribution in [2.75, 3.05) is 24.6 Å². The van der Waals surface area contributed by atoms with Gasteiger partial charge in [0.15, 0.2) is 17.1 Å². The second-order valence-electron chi connectivity index (χ2n) is 6.64. The van der Waals surface area contributed by atoms with Crippen molar-refractivity contribution in [2.45, 2.75) is 31.3 Å². The Balaban J connectivity index is 1.62. The van der Waals surface area contributed by atoms with Crippen LogP contribution in [0.3, 0.4) is 0 Å². The minimum Gasteiger partial charge on any atom is -0.477 e. The molecule has 2 saturated heterocycles. The van der Waals surface area contributed by atoms with Crippen molar-refractivity contribution >= 4 is 23.4 Å². The third-order valence-corrected chi connectivity index (χ3v) is 5.41. The van der Waals surface area contributed by atoms with Gasteiger partial charge in [-0.2, -0.15) is 0 Å². The molecule has 2 aromatic rings. The molecule has 0 aliphatic carbocycles. The van der Waals surface area contributed by atoms with Crippen LogP contribution in [0.5, 0.6) is 0 Å². The maximum atomic E-state index is 11.9. The number of nitrogens with zero attached hydrogens (tertiary/aromatic N) is 2. The van der Waals surface area contributed by atoms with Crippen molar-refractivity contribution in [2.24, 2.45) is 0 Å². The van der Waals surface area contributed by atoms with E-state index in [1.807, 2.05) is 4.90 Å². The number of carboxylic acid groups (broad SMARTS) is 1. The zero-order valence-electron chi connectivity index (χ0n) is 13.7. The molecule has 0 atom stereocenters. The number of hydrogen-bond donors (Lipinski definition) is 1. The van der Waals surface area contributed by atoms with Gasteiger partial charge in [-0.15, -0.1) is 0 Å².